The van der Waals surface area contributed by atoms with Crippen LogP contribution in [0.5, 0.6) is 11.5 Å². The van der Waals surface area contributed by atoms with E-state index in [-0.39, 0.29) is 17.1 Å². The molecule has 6 unspecified atom stereocenters. The number of anilines is 1. The zero-order valence-corrected chi connectivity index (χ0v) is 31.1. The third-order valence-corrected chi connectivity index (χ3v) is 10.4. The van der Waals surface area contributed by atoms with Crippen molar-refractivity contribution in [3.05, 3.63) is 114 Å². The molecule has 0 aliphatic carbocycles. The van der Waals surface area contributed by atoms with Crippen molar-refractivity contribution in [1.82, 2.24) is 0 Å². The van der Waals surface area contributed by atoms with Gasteiger partial charge in [0.15, 0.2) is 18.3 Å². The Hall–Kier alpha value is -5.58. The zero-order chi connectivity index (χ0) is 43.0. The number of aliphatic carboxylic acids is 2. The Morgan fingerprint density at radius 3 is 1.87 bits per heavy atom. The fourth-order valence-electron chi connectivity index (χ4n) is 7.15. The van der Waals surface area contributed by atoms with Crippen molar-refractivity contribution in [2.45, 2.75) is 79.7 Å². The summed E-state index contributed by atoms with van der Waals surface area (Å²) in [5, 5.41) is 92.8. The highest BCUT2D eigenvalue weighted by Gasteiger charge is 2.53. The molecule has 3 aliphatic heterocycles. The topological polar surface area (TPSA) is 283 Å². The lowest BCUT2D eigenvalue weighted by atomic mass is 9.87. The van der Waals surface area contributed by atoms with Crippen LogP contribution in [-0.2, 0) is 28.6 Å². The highest BCUT2D eigenvalue weighted by Crippen LogP contribution is 2.46. The smallest absolute Gasteiger partial charge is 0.335 e. The SMILES string of the molecule is O=C(O)C1O[C@@H](Oc2cccc(-c3ccc([C@@H]4[C@@H](OC[C@H](O)c5ccc(F)cc5)C(=O)N4c4ccccc4)c(O[C@@H]4OC(C(=O)O)[C@@H](O)C(O)C4O)c3)c2)C(O)C(O)[C@@H]1O. The Morgan fingerprint density at radius 1 is 0.683 bits per heavy atom. The van der Waals surface area contributed by atoms with Gasteiger partial charge in [0.25, 0.3) is 5.91 Å². The molecule has 318 valence electrons. The van der Waals surface area contributed by atoms with Crippen LogP contribution in [0, 0.1) is 5.82 Å². The lowest BCUT2D eigenvalue weighted by Gasteiger charge is -2.47. The van der Waals surface area contributed by atoms with Gasteiger partial charge in [0, 0.05) is 11.3 Å². The lowest BCUT2D eigenvalue weighted by Crippen LogP contribution is -2.62. The summed E-state index contributed by atoms with van der Waals surface area (Å²) in [7, 11) is 0. The van der Waals surface area contributed by atoms with Crippen LogP contribution >= 0.6 is 0 Å². The maximum atomic E-state index is 13.8. The molecule has 7 rings (SSSR count). The molecule has 0 aromatic heterocycles. The van der Waals surface area contributed by atoms with E-state index in [4.69, 9.17) is 23.7 Å². The average molecular weight is 838 g/mol. The van der Waals surface area contributed by atoms with Crippen LogP contribution in [0.15, 0.2) is 97.1 Å². The Labute approximate surface area is 339 Å². The molecule has 0 radical (unpaired) electrons. The van der Waals surface area contributed by atoms with E-state index in [2.05, 4.69) is 0 Å². The fourth-order valence-corrected chi connectivity index (χ4v) is 7.15. The van der Waals surface area contributed by atoms with Gasteiger partial charge in [-0.3, -0.25) is 9.69 Å². The second-order valence-electron chi connectivity index (χ2n) is 14.3. The predicted octanol–water partition coefficient (Wildman–Crippen LogP) is 0.241. The molecule has 13 atom stereocenters. The van der Waals surface area contributed by atoms with Crippen molar-refractivity contribution in [2.75, 3.05) is 11.5 Å². The number of ether oxygens (including phenoxy) is 5. The van der Waals surface area contributed by atoms with Crippen LogP contribution in [0.2, 0.25) is 0 Å². The van der Waals surface area contributed by atoms with E-state index in [1.54, 1.807) is 42.5 Å². The Bertz CT molecular complexity index is 2180. The van der Waals surface area contributed by atoms with Gasteiger partial charge in [-0.2, -0.15) is 0 Å². The summed E-state index contributed by atoms with van der Waals surface area (Å²) < 4.78 is 42.1. The first-order valence-electron chi connectivity index (χ1n) is 18.5. The molecule has 3 saturated heterocycles. The summed E-state index contributed by atoms with van der Waals surface area (Å²) >= 11 is 0. The molecule has 0 bridgehead atoms. The van der Waals surface area contributed by atoms with Crippen LogP contribution in [0.3, 0.4) is 0 Å². The van der Waals surface area contributed by atoms with Crippen molar-refractivity contribution in [3.63, 3.8) is 0 Å². The number of carbonyl (C=O) groups is 3. The van der Waals surface area contributed by atoms with Crippen LogP contribution < -0.4 is 14.4 Å². The van der Waals surface area contributed by atoms with Crippen molar-refractivity contribution < 1.29 is 88.4 Å². The number of amides is 1. The van der Waals surface area contributed by atoms with Crippen molar-refractivity contribution in [1.29, 1.82) is 0 Å². The van der Waals surface area contributed by atoms with E-state index in [9.17, 15) is 64.7 Å². The number of benzene rings is 4. The number of nitrogens with zero attached hydrogens (tertiary/aromatic N) is 1. The second-order valence-corrected chi connectivity index (χ2v) is 14.3. The van der Waals surface area contributed by atoms with Crippen molar-refractivity contribution >= 4 is 23.5 Å². The van der Waals surface area contributed by atoms with Gasteiger partial charge in [0.1, 0.15) is 66.1 Å². The first-order chi connectivity index (χ1) is 28.6. The standard InChI is InChI=1S/C41H40FNO17/c42-21-12-9-18(10-13-21)25(44)17-56-34-27(43(37(34)51)22-6-2-1-3-7-22)24-14-11-20(16-26(24)58-41-33(50)29(46)31(48)36(60-41)39(54)55)19-5-4-8-23(15-19)57-40-32(49)28(45)30(47)35(59-40)38(52)53/h1-16,25,27-36,40-41,44-50H,17H2,(H,52,53)(H,54,55)/t25-,27+,28?,29?,30-,31-,32?,33?,34+,35?,36?,40+,41+/m0/s1. The third-order valence-electron chi connectivity index (χ3n) is 10.4. The minimum Gasteiger partial charge on any atom is -0.479 e. The molecular formula is C41H40FNO17. The molecule has 0 saturated carbocycles. The van der Waals surface area contributed by atoms with E-state index in [0.717, 1.165) is 12.1 Å². The Kier molecular flexibility index (Phi) is 12.5. The number of carbonyl (C=O) groups excluding carboxylic acids is 1. The zero-order valence-electron chi connectivity index (χ0n) is 31.1. The van der Waals surface area contributed by atoms with Gasteiger partial charge in [-0.05, 0) is 59.2 Å². The molecule has 4 aromatic rings. The minimum atomic E-state index is -2.03. The number of para-hydroxylation sites is 1. The number of rotatable bonds is 13. The van der Waals surface area contributed by atoms with Gasteiger partial charge < -0.3 is 69.6 Å². The highest BCUT2D eigenvalue weighted by molar-refractivity contribution is 6.05. The minimum absolute atomic E-state index is 0.0105. The Morgan fingerprint density at radius 2 is 1.27 bits per heavy atom. The average Bonchev–Trinajstić information content (AvgIpc) is 3.23. The maximum Gasteiger partial charge on any atom is 0.335 e. The summed E-state index contributed by atoms with van der Waals surface area (Å²) in [6.07, 6.45) is -21.9. The fraction of sp³-hybridized carbons (Fsp3) is 0.341. The molecule has 0 spiro atoms. The lowest BCUT2D eigenvalue weighted by molar-refractivity contribution is -0.271. The molecule has 60 heavy (non-hydrogen) atoms. The highest BCUT2D eigenvalue weighted by atomic mass is 19.1. The number of β-lactam (4-membered cyclic amide) rings is 1. The largest absolute Gasteiger partial charge is 0.479 e. The summed E-state index contributed by atoms with van der Waals surface area (Å²) in [6.45, 7) is -0.403. The number of halogens is 1. The van der Waals surface area contributed by atoms with Crippen molar-refractivity contribution in [2.24, 2.45) is 0 Å². The molecule has 3 aliphatic rings. The van der Waals surface area contributed by atoms with Gasteiger partial charge >= 0.3 is 11.9 Å². The van der Waals surface area contributed by atoms with Gasteiger partial charge in [0.05, 0.1) is 6.61 Å². The van der Waals surface area contributed by atoms with E-state index in [1.807, 2.05) is 0 Å². The molecule has 18 nitrogen and oxygen atoms in total. The van der Waals surface area contributed by atoms with E-state index in [0.29, 0.717) is 22.4 Å². The summed E-state index contributed by atoms with van der Waals surface area (Å²) in [5.74, 6) is -4.44. The van der Waals surface area contributed by atoms with Gasteiger partial charge in [-0.25, -0.2) is 14.0 Å². The third kappa shape index (κ3) is 8.40. The molecule has 19 heteroatoms. The van der Waals surface area contributed by atoms with Crippen LogP contribution in [0.25, 0.3) is 11.1 Å². The normalized spacial score (nSPS) is 30.9. The monoisotopic (exact) mass is 837 g/mol. The molecule has 1 amide bonds. The number of carboxylic acids is 2. The summed E-state index contributed by atoms with van der Waals surface area (Å²) in [6, 6.07) is 23.0. The first kappa shape index (κ1) is 42.5. The second kappa shape index (κ2) is 17.6. The molecule has 3 fully saturated rings. The van der Waals surface area contributed by atoms with Gasteiger partial charge in [-0.1, -0.05) is 54.6 Å². The number of aliphatic hydroxyl groups is 7. The van der Waals surface area contributed by atoms with Gasteiger partial charge in [0.2, 0.25) is 12.6 Å². The first-order valence-corrected chi connectivity index (χ1v) is 18.5. The molecular weight excluding hydrogens is 797 g/mol. The molecule has 3 heterocycles. The molecule has 4 aromatic carbocycles. The molecule has 9 N–H and O–H groups in total. The number of hydrogen-bond acceptors (Lipinski definition) is 15. The Balaban J connectivity index is 1.26. The summed E-state index contributed by atoms with van der Waals surface area (Å²) in [4.78, 5) is 38.8. The van der Waals surface area contributed by atoms with E-state index >= 15 is 0 Å². The maximum absolute atomic E-state index is 13.8. The van der Waals surface area contributed by atoms with E-state index < -0.39 is 110 Å². The van der Waals surface area contributed by atoms with E-state index in [1.165, 1.54) is 47.4 Å². The number of carboxylic acid groups (broad SMARTS) is 2. The quantitative estimate of drug-likeness (QED) is 0.0816. The summed E-state index contributed by atoms with van der Waals surface area (Å²) in [5.41, 5.74) is 1.69. The van der Waals surface area contributed by atoms with Crippen LogP contribution in [-0.4, -0.2) is 138 Å². The van der Waals surface area contributed by atoms with Crippen molar-refractivity contribution in [3.8, 4) is 22.6 Å². The van der Waals surface area contributed by atoms with Crippen LogP contribution in [0.4, 0.5) is 10.1 Å². The predicted molar refractivity (Wildman–Crippen MR) is 200 cm³/mol. The van der Waals surface area contributed by atoms with Gasteiger partial charge in [-0.15, -0.1) is 0 Å². The van der Waals surface area contributed by atoms with Crippen LogP contribution in [0.1, 0.15) is 23.3 Å². The number of aliphatic hydroxyl groups excluding tert-OH is 7. The number of hydrogen-bond donors (Lipinski definition) is 9.